The number of rotatable bonds is 7. The highest BCUT2D eigenvalue weighted by Crippen LogP contribution is 2.23. The highest BCUT2D eigenvalue weighted by Gasteiger charge is 2.17. The lowest BCUT2D eigenvalue weighted by molar-refractivity contribution is 0.0920. The van der Waals surface area contributed by atoms with Crippen molar-refractivity contribution in [3.05, 3.63) is 64.5 Å². The number of hydrogen-bond donors (Lipinski definition) is 0. The van der Waals surface area contributed by atoms with Gasteiger partial charge in [-0.25, -0.2) is 0 Å². The molecule has 0 amide bonds. The van der Waals surface area contributed by atoms with E-state index in [0.29, 0.717) is 16.9 Å². The summed E-state index contributed by atoms with van der Waals surface area (Å²) in [6, 6.07) is 11.0. The van der Waals surface area contributed by atoms with Gasteiger partial charge in [0, 0.05) is 23.5 Å². The van der Waals surface area contributed by atoms with Crippen molar-refractivity contribution in [1.82, 2.24) is 4.57 Å². The molecule has 1 aromatic carbocycles. The Morgan fingerprint density at radius 2 is 2.07 bits per heavy atom. The van der Waals surface area contributed by atoms with E-state index in [1.54, 1.807) is 24.3 Å². The molecule has 1 aliphatic rings. The van der Waals surface area contributed by atoms with Crippen molar-refractivity contribution in [2.45, 2.75) is 52.5 Å². The quantitative estimate of drug-likeness (QED) is 0.507. The van der Waals surface area contributed by atoms with Crippen LogP contribution in [-0.4, -0.2) is 17.0 Å². The summed E-state index contributed by atoms with van der Waals surface area (Å²) in [6.07, 6.45) is 8.43. The zero-order valence-corrected chi connectivity index (χ0v) is 16.1. The third-order valence-corrected chi connectivity index (χ3v) is 5.28. The molecule has 2 aromatic rings. The van der Waals surface area contributed by atoms with Crippen LogP contribution >= 0.6 is 0 Å². The second-order valence-electron chi connectivity index (χ2n) is 7.11. The predicted octanol–water partition coefficient (Wildman–Crippen LogP) is 5.13. The normalized spacial score (nSPS) is 13.7. The lowest BCUT2D eigenvalue weighted by atomic mass is 9.97. The van der Waals surface area contributed by atoms with Crippen molar-refractivity contribution < 1.29 is 9.53 Å². The van der Waals surface area contributed by atoms with Crippen LogP contribution in [0.4, 0.5) is 0 Å². The van der Waals surface area contributed by atoms with E-state index in [1.165, 1.54) is 31.3 Å². The molecular weight excluding hydrogens is 336 g/mol. The highest BCUT2D eigenvalue weighted by molar-refractivity contribution is 5.98. The van der Waals surface area contributed by atoms with Gasteiger partial charge in [0.15, 0.2) is 6.61 Å². The average Bonchev–Trinajstić information content (AvgIpc) is 2.99. The summed E-state index contributed by atoms with van der Waals surface area (Å²) in [4.78, 5) is 12.7. The second-order valence-corrected chi connectivity index (χ2v) is 7.11. The second kappa shape index (κ2) is 8.73. The fraction of sp³-hybridized carbons (Fsp3) is 0.391. The number of nitrogens with zero attached hydrogens (tertiary/aromatic N) is 2. The molecule has 0 fully saturated rings. The van der Waals surface area contributed by atoms with Crippen molar-refractivity contribution in [2.75, 3.05) is 6.61 Å². The van der Waals surface area contributed by atoms with Crippen molar-refractivity contribution in [3.8, 4) is 11.8 Å². The number of ketones is 1. The third-order valence-electron chi connectivity index (χ3n) is 5.28. The van der Waals surface area contributed by atoms with Crippen molar-refractivity contribution in [1.29, 1.82) is 5.26 Å². The number of allylic oxidation sites excluding steroid dienone is 2. The zero-order valence-electron chi connectivity index (χ0n) is 16.1. The van der Waals surface area contributed by atoms with E-state index in [2.05, 4.69) is 16.7 Å². The maximum absolute atomic E-state index is 12.7. The maximum atomic E-state index is 12.7. The molecule has 0 N–H and O–H groups in total. The predicted molar refractivity (Wildman–Crippen MR) is 106 cm³/mol. The standard InChI is InChI=1S/C23H26N2O2/c1-17-14-21(18(2)25(17)13-12-19-8-4-3-5-9-19)22(26)16-27-23-11-7-6-10-20(23)15-24/h6-8,10-11,14H,3-5,9,12-13,16H2,1-2H3. The van der Waals surface area contributed by atoms with Gasteiger partial charge >= 0.3 is 0 Å². The van der Waals surface area contributed by atoms with Gasteiger partial charge in [-0.3, -0.25) is 4.79 Å². The molecule has 4 heteroatoms. The number of para-hydroxylation sites is 1. The average molecular weight is 362 g/mol. The van der Waals surface area contributed by atoms with Crippen molar-refractivity contribution in [2.24, 2.45) is 0 Å². The molecule has 0 atom stereocenters. The van der Waals surface area contributed by atoms with Gasteiger partial charge in [-0.1, -0.05) is 23.8 Å². The number of benzene rings is 1. The van der Waals surface area contributed by atoms with Crippen LogP contribution in [0, 0.1) is 25.2 Å². The van der Waals surface area contributed by atoms with E-state index in [0.717, 1.165) is 24.4 Å². The smallest absolute Gasteiger partial charge is 0.202 e. The van der Waals surface area contributed by atoms with E-state index in [1.807, 2.05) is 19.9 Å². The summed E-state index contributed by atoms with van der Waals surface area (Å²) in [7, 11) is 0. The Morgan fingerprint density at radius 3 is 2.81 bits per heavy atom. The molecule has 1 heterocycles. The highest BCUT2D eigenvalue weighted by atomic mass is 16.5. The monoisotopic (exact) mass is 362 g/mol. The first-order valence-corrected chi connectivity index (χ1v) is 9.60. The van der Waals surface area contributed by atoms with E-state index >= 15 is 0 Å². The molecule has 0 saturated carbocycles. The fourth-order valence-electron chi connectivity index (χ4n) is 3.72. The van der Waals surface area contributed by atoms with Crippen LogP contribution in [0.1, 0.15) is 59.4 Å². The molecule has 1 aromatic heterocycles. The van der Waals surface area contributed by atoms with Gasteiger partial charge in [0.25, 0.3) is 0 Å². The van der Waals surface area contributed by atoms with E-state index in [4.69, 9.17) is 10.00 Å². The molecule has 4 nitrogen and oxygen atoms in total. The van der Waals surface area contributed by atoms with Crippen LogP contribution in [0.5, 0.6) is 5.75 Å². The number of ether oxygens (including phenoxy) is 1. The summed E-state index contributed by atoms with van der Waals surface area (Å²) in [5.41, 5.74) is 4.78. The van der Waals surface area contributed by atoms with Gasteiger partial charge < -0.3 is 9.30 Å². The minimum absolute atomic E-state index is 0.0565. The van der Waals surface area contributed by atoms with Gasteiger partial charge in [0.05, 0.1) is 5.56 Å². The van der Waals surface area contributed by atoms with Crippen molar-refractivity contribution in [3.63, 3.8) is 0 Å². The van der Waals surface area contributed by atoms with Crippen LogP contribution in [0.2, 0.25) is 0 Å². The number of Topliss-reactive ketones (excluding diaryl/α,β-unsaturated/α-hetero) is 1. The summed E-state index contributed by atoms with van der Waals surface area (Å²) >= 11 is 0. The van der Waals surface area contributed by atoms with Gasteiger partial charge in [-0.2, -0.15) is 5.26 Å². The van der Waals surface area contributed by atoms with Gasteiger partial charge in [-0.05, 0) is 64.2 Å². The number of aryl methyl sites for hydroxylation is 1. The number of nitriles is 1. The zero-order chi connectivity index (χ0) is 19.2. The minimum Gasteiger partial charge on any atom is -0.484 e. The molecule has 3 rings (SSSR count). The maximum Gasteiger partial charge on any atom is 0.202 e. The molecule has 1 aliphatic carbocycles. The Labute approximate surface area is 161 Å². The molecule has 0 bridgehead atoms. The minimum atomic E-state index is -0.0614. The first kappa shape index (κ1) is 19.0. The molecular formula is C23H26N2O2. The number of carbonyl (C=O) groups excluding carboxylic acids is 1. The Hall–Kier alpha value is -2.80. The van der Waals surface area contributed by atoms with Crippen molar-refractivity contribution >= 4 is 5.78 Å². The van der Waals surface area contributed by atoms with E-state index in [9.17, 15) is 4.79 Å². The number of aromatic nitrogens is 1. The Bertz CT molecular complexity index is 900. The number of carbonyl (C=O) groups is 1. The Balaban J connectivity index is 1.67. The first-order valence-electron chi connectivity index (χ1n) is 9.60. The largest absolute Gasteiger partial charge is 0.484 e. The lowest BCUT2D eigenvalue weighted by Crippen LogP contribution is -2.13. The summed E-state index contributed by atoms with van der Waals surface area (Å²) in [5.74, 6) is 0.394. The Kier molecular flexibility index (Phi) is 6.13. The third kappa shape index (κ3) is 4.49. The van der Waals surface area contributed by atoms with Crippen LogP contribution in [0.15, 0.2) is 42.0 Å². The molecule has 0 radical (unpaired) electrons. The molecule has 140 valence electrons. The summed E-state index contributed by atoms with van der Waals surface area (Å²) in [5, 5.41) is 9.13. The van der Waals surface area contributed by atoms with Gasteiger partial charge in [0.1, 0.15) is 11.8 Å². The summed E-state index contributed by atoms with van der Waals surface area (Å²) < 4.78 is 7.84. The van der Waals surface area contributed by atoms with Crippen LogP contribution in [0.3, 0.4) is 0 Å². The topological polar surface area (TPSA) is 55.0 Å². The first-order chi connectivity index (χ1) is 13.1. The molecule has 27 heavy (non-hydrogen) atoms. The SMILES string of the molecule is Cc1cc(C(=O)COc2ccccc2C#N)c(C)n1CCC1=CCCCC1. The molecule has 0 aliphatic heterocycles. The van der Waals surface area contributed by atoms with E-state index in [-0.39, 0.29) is 12.4 Å². The van der Waals surface area contributed by atoms with Gasteiger partial charge in [-0.15, -0.1) is 0 Å². The molecule has 0 saturated heterocycles. The number of hydrogen-bond acceptors (Lipinski definition) is 3. The molecule has 0 spiro atoms. The van der Waals surface area contributed by atoms with Crippen LogP contribution in [-0.2, 0) is 6.54 Å². The molecule has 0 unspecified atom stereocenters. The fourth-order valence-corrected chi connectivity index (χ4v) is 3.72. The van der Waals surface area contributed by atoms with Crippen LogP contribution in [0.25, 0.3) is 0 Å². The Morgan fingerprint density at radius 1 is 1.26 bits per heavy atom. The van der Waals surface area contributed by atoms with Gasteiger partial charge in [0.2, 0.25) is 5.78 Å². The summed E-state index contributed by atoms with van der Waals surface area (Å²) in [6.45, 7) is 4.90. The lowest BCUT2D eigenvalue weighted by Gasteiger charge is -2.15. The van der Waals surface area contributed by atoms with Crippen LogP contribution < -0.4 is 4.74 Å². The van der Waals surface area contributed by atoms with E-state index < -0.39 is 0 Å².